The summed E-state index contributed by atoms with van der Waals surface area (Å²) < 4.78 is 16.7. The minimum absolute atomic E-state index is 0.0755. The summed E-state index contributed by atoms with van der Waals surface area (Å²) >= 11 is 0. The Morgan fingerprint density at radius 3 is 2.60 bits per heavy atom. The molecule has 0 spiro atoms. The minimum Gasteiger partial charge on any atom is -0.444 e. The molecule has 0 N–H and O–H groups in total. The largest absolute Gasteiger partial charge is 0.444 e. The van der Waals surface area contributed by atoms with E-state index in [1.165, 1.54) is 0 Å². The van der Waals surface area contributed by atoms with Crippen LogP contribution in [0.15, 0.2) is 0 Å². The molecule has 0 aromatic heterocycles. The average molecular weight is 285 g/mol. The Morgan fingerprint density at radius 2 is 2.05 bits per heavy atom. The zero-order chi connectivity index (χ0) is 15.0. The van der Waals surface area contributed by atoms with Crippen LogP contribution < -0.4 is 0 Å². The molecule has 2 saturated heterocycles. The van der Waals surface area contributed by atoms with Crippen LogP contribution in [0.5, 0.6) is 0 Å². The fourth-order valence-electron chi connectivity index (χ4n) is 2.89. The van der Waals surface area contributed by atoms with Crippen LogP contribution in [0.2, 0.25) is 0 Å². The Bertz CT molecular complexity index is 355. The highest BCUT2D eigenvalue weighted by molar-refractivity contribution is 5.69. The van der Waals surface area contributed by atoms with Gasteiger partial charge in [-0.25, -0.2) is 4.79 Å². The predicted octanol–water partition coefficient (Wildman–Crippen LogP) is 2.79. The number of carbonyl (C=O) groups excluding carboxylic acids is 1. The fraction of sp³-hybridized carbons (Fsp3) is 0.933. The minimum atomic E-state index is -0.605. The van der Waals surface area contributed by atoms with Gasteiger partial charge in [0.1, 0.15) is 11.3 Å². The normalized spacial score (nSPS) is 29.8. The second-order valence-corrected chi connectivity index (χ2v) is 7.23. The molecule has 5 heteroatoms. The summed E-state index contributed by atoms with van der Waals surface area (Å²) in [5.41, 5.74) is -1.09. The summed E-state index contributed by atoms with van der Waals surface area (Å²) in [6.07, 6.45) is 1.70. The lowest BCUT2D eigenvalue weighted by Crippen LogP contribution is -2.50. The maximum atomic E-state index is 12.5. The Kier molecular flexibility index (Phi) is 4.30. The van der Waals surface area contributed by atoms with E-state index in [1.807, 2.05) is 34.6 Å². The first kappa shape index (κ1) is 15.6. The summed E-state index contributed by atoms with van der Waals surface area (Å²) in [7, 11) is 0. The van der Waals surface area contributed by atoms with Crippen molar-refractivity contribution in [3.05, 3.63) is 0 Å². The molecule has 0 aliphatic carbocycles. The molecule has 2 rings (SSSR count). The molecule has 1 unspecified atom stereocenters. The first-order valence-corrected chi connectivity index (χ1v) is 7.43. The van der Waals surface area contributed by atoms with Crippen molar-refractivity contribution in [3.8, 4) is 0 Å². The molecule has 116 valence electrons. The van der Waals surface area contributed by atoms with E-state index in [9.17, 15) is 4.79 Å². The van der Waals surface area contributed by atoms with Gasteiger partial charge in [-0.05, 0) is 53.4 Å². The molecule has 5 nitrogen and oxygen atoms in total. The fourth-order valence-corrected chi connectivity index (χ4v) is 2.89. The Labute approximate surface area is 121 Å². The predicted molar refractivity (Wildman–Crippen MR) is 75.4 cm³/mol. The average Bonchev–Trinajstić information content (AvgIpc) is 2.84. The van der Waals surface area contributed by atoms with Gasteiger partial charge in [0.25, 0.3) is 0 Å². The standard InChI is InChI=1S/C15H27NO4/c1-14(2,3)20-13(17)16-12(10-19-15(16,4)5)8-11-6-7-18-9-11/h11-12H,6-10H2,1-5H3/t11-,12?/m1/s1. The van der Waals surface area contributed by atoms with Crippen molar-refractivity contribution in [2.45, 2.75) is 64.8 Å². The van der Waals surface area contributed by atoms with Gasteiger partial charge in [-0.3, -0.25) is 4.90 Å². The van der Waals surface area contributed by atoms with E-state index in [0.717, 1.165) is 26.1 Å². The summed E-state index contributed by atoms with van der Waals surface area (Å²) in [6, 6.07) is 0.0755. The van der Waals surface area contributed by atoms with E-state index in [1.54, 1.807) is 4.90 Å². The van der Waals surface area contributed by atoms with Gasteiger partial charge in [0.05, 0.1) is 12.6 Å². The highest BCUT2D eigenvalue weighted by Gasteiger charge is 2.46. The molecule has 2 aliphatic heterocycles. The van der Waals surface area contributed by atoms with Crippen LogP contribution in [0.3, 0.4) is 0 Å². The lowest BCUT2D eigenvalue weighted by Gasteiger charge is -2.35. The maximum absolute atomic E-state index is 12.5. The quantitative estimate of drug-likeness (QED) is 0.782. The van der Waals surface area contributed by atoms with E-state index in [4.69, 9.17) is 14.2 Å². The number of hydrogen-bond acceptors (Lipinski definition) is 4. The van der Waals surface area contributed by atoms with Crippen LogP contribution >= 0.6 is 0 Å². The van der Waals surface area contributed by atoms with Crippen molar-refractivity contribution in [1.82, 2.24) is 4.90 Å². The van der Waals surface area contributed by atoms with Crippen molar-refractivity contribution in [2.24, 2.45) is 5.92 Å². The zero-order valence-electron chi connectivity index (χ0n) is 13.3. The van der Waals surface area contributed by atoms with Crippen LogP contribution in [-0.2, 0) is 14.2 Å². The molecule has 0 bridgehead atoms. The molecule has 2 heterocycles. The first-order chi connectivity index (χ1) is 9.19. The lowest BCUT2D eigenvalue weighted by atomic mass is 9.98. The second-order valence-electron chi connectivity index (χ2n) is 7.23. The maximum Gasteiger partial charge on any atom is 0.412 e. The third-order valence-corrected chi connectivity index (χ3v) is 3.79. The summed E-state index contributed by atoms with van der Waals surface area (Å²) in [6.45, 7) is 11.7. The molecule has 0 aromatic carbocycles. The monoisotopic (exact) mass is 285 g/mol. The second kappa shape index (κ2) is 5.53. The van der Waals surface area contributed by atoms with Crippen LogP contribution in [-0.4, -0.2) is 48.2 Å². The molecule has 20 heavy (non-hydrogen) atoms. The van der Waals surface area contributed by atoms with E-state index >= 15 is 0 Å². The summed E-state index contributed by atoms with van der Waals surface area (Å²) in [5.74, 6) is 0.516. The number of carbonyl (C=O) groups is 1. The van der Waals surface area contributed by atoms with Gasteiger partial charge in [-0.15, -0.1) is 0 Å². The van der Waals surface area contributed by atoms with Crippen molar-refractivity contribution in [1.29, 1.82) is 0 Å². The highest BCUT2D eigenvalue weighted by Crippen LogP contribution is 2.33. The molecule has 2 atom stereocenters. The molecule has 0 saturated carbocycles. The van der Waals surface area contributed by atoms with E-state index < -0.39 is 11.3 Å². The smallest absolute Gasteiger partial charge is 0.412 e. The van der Waals surface area contributed by atoms with Crippen molar-refractivity contribution < 1.29 is 19.0 Å². The van der Waals surface area contributed by atoms with Gasteiger partial charge in [0.15, 0.2) is 0 Å². The highest BCUT2D eigenvalue weighted by atomic mass is 16.6. The third kappa shape index (κ3) is 3.64. The number of hydrogen-bond donors (Lipinski definition) is 0. The first-order valence-electron chi connectivity index (χ1n) is 7.43. The molecule has 0 aromatic rings. The van der Waals surface area contributed by atoms with Crippen LogP contribution in [0.1, 0.15) is 47.5 Å². The number of rotatable bonds is 2. The Morgan fingerprint density at radius 1 is 1.35 bits per heavy atom. The molecule has 2 fully saturated rings. The van der Waals surface area contributed by atoms with Crippen molar-refractivity contribution in [2.75, 3.05) is 19.8 Å². The molecule has 1 amide bonds. The van der Waals surface area contributed by atoms with Crippen LogP contribution in [0.4, 0.5) is 4.79 Å². The van der Waals surface area contributed by atoms with Gasteiger partial charge < -0.3 is 14.2 Å². The molecular formula is C15H27NO4. The van der Waals surface area contributed by atoms with Gasteiger partial charge >= 0.3 is 6.09 Å². The SMILES string of the molecule is CC(C)(C)OC(=O)N1C(C[C@H]2CCOC2)COC1(C)C. The molecule has 2 aliphatic rings. The summed E-state index contributed by atoms with van der Waals surface area (Å²) in [5, 5.41) is 0. The number of amides is 1. The van der Waals surface area contributed by atoms with E-state index in [-0.39, 0.29) is 12.1 Å². The van der Waals surface area contributed by atoms with Gasteiger partial charge in [0, 0.05) is 13.2 Å². The third-order valence-electron chi connectivity index (χ3n) is 3.79. The Hall–Kier alpha value is -0.810. The van der Waals surface area contributed by atoms with Crippen molar-refractivity contribution >= 4 is 6.09 Å². The molecular weight excluding hydrogens is 258 g/mol. The zero-order valence-corrected chi connectivity index (χ0v) is 13.3. The van der Waals surface area contributed by atoms with Crippen LogP contribution in [0, 0.1) is 5.92 Å². The summed E-state index contributed by atoms with van der Waals surface area (Å²) in [4.78, 5) is 14.2. The van der Waals surface area contributed by atoms with Gasteiger partial charge in [-0.2, -0.15) is 0 Å². The van der Waals surface area contributed by atoms with Crippen LogP contribution in [0.25, 0.3) is 0 Å². The van der Waals surface area contributed by atoms with Gasteiger partial charge in [0.2, 0.25) is 0 Å². The number of ether oxygens (including phenoxy) is 3. The topological polar surface area (TPSA) is 48.0 Å². The lowest BCUT2D eigenvalue weighted by molar-refractivity contribution is -0.0631. The van der Waals surface area contributed by atoms with Gasteiger partial charge in [-0.1, -0.05) is 0 Å². The van der Waals surface area contributed by atoms with E-state index in [2.05, 4.69) is 0 Å². The van der Waals surface area contributed by atoms with E-state index in [0.29, 0.717) is 12.5 Å². The van der Waals surface area contributed by atoms with Crippen molar-refractivity contribution in [3.63, 3.8) is 0 Å². The number of nitrogens with zero attached hydrogens (tertiary/aromatic N) is 1. The molecule has 0 radical (unpaired) electrons. The Balaban J connectivity index is 2.05.